The monoisotopic (exact) mass is 232 g/mol. The first-order chi connectivity index (χ1) is 8.22. The standard InChI is InChI=1S/C15H24N2/c1-4-13-11-14(5-6-15(13)12(2)3)17-9-7-16-8-10-17/h5-6,11-12,16H,4,7-10H2,1-3H3. The second-order valence-corrected chi connectivity index (χ2v) is 5.13. The molecule has 1 aliphatic rings. The van der Waals surface area contributed by atoms with Gasteiger partial charge in [-0.3, -0.25) is 0 Å². The van der Waals surface area contributed by atoms with E-state index in [1.54, 1.807) is 0 Å². The number of rotatable bonds is 3. The maximum Gasteiger partial charge on any atom is 0.0370 e. The van der Waals surface area contributed by atoms with E-state index >= 15 is 0 Å². The summed E-state index contributed by atoms with van der Waals surface area (Å²) in [6.07, 6.45) is 1.13. The van der Waals surface area contributed by atoms with E-state index in [1.807, 2.05) is 0 Å². The van der Waals surface area contributed by atoms with Crippen molar-refractivity contribution in [1.29, 1.82) is 0 Å². The Balaban J connectivity index is 2.24. The van der Waals surface area contributed by atoms with Gasteiger partial charge in [-0.2, -0.15) is 0 Å². The zero-order valence-corrected chi connectivity index (χ0v) is 11.3. The number of hydrogen-bond donors (Lipinski definition) is 1. The fraction of sp³-hybridized carbons (Fsp3) is 0.600. The summed E-state index contributed by atoms with van der Waals surface area (Å²) < 4.78 is 0. The van der Waals surface area contributed by atoms with E-state index in [4.69, 9.17) is 0 Å². The summed E-state index contributed by atoms with van der Waals surface area (Å²) in [5.74, 6) is 0.627. The molecule has 0 saturated carbocycles. The van der Waals surface area contributed by atoms with Crippen LogP contribution in [0.15, 0.2) is 18.2 Å². The molecule has 2 rings (SSSR count). The lowest BCUT2D eigenvalue weighted by Crippen LogP contribution is -2.43. The number of hydrogen-bond acceptors (Lipinski definition) is 2. The van der Waals surface area contributed by atoms with Gasteiger partial charge in [-0.15, -0.1) is 0 Å². The van der Waals surface area contributed by atoms with Gasteiger partial charge >= 0.3 is 0 Å². The minimum atomic E-state index is 0.627. The number of nitrogens with zero attached hydrogens (tertiary/aromatic N) is 1. The SMILES string of the molecule is CCc1cc(N2CCNCC2)ccc1C(C)C. The Bertz CT molecular complexity index is 365. The Morgan fingerprint density at radius 2 is 1.94 bits per heavy atom. The van der Waals surface area contributed by atoms with Gasteiger partial charge in [0.05, 0.1) is 0 Å². The van der Waals surface area contributed by atoms with Gasteiger partial charge in [-0.1, -0.05) is 26.8 Å². The molecule has 1 saturated heterocycles. The summed E-state index contributed by atoms with van der Waals surface area (Å²) in [6, 6.07) is 7.00. The van der Waals surface area contributed by atoms with Crippen molar-refractivity contribution in [2.45, 2.75) is 33.1 Å². The number of nitrogens with one attached hydrogen (secondary N) is 1. The molecule has 1 heterocycles. The molecule has 0 atom stereocenters. The molecule has 0 amide bonds. The Hall–Kier alpha value is -1.02. The van der Waals surface area contributed by atoms with Crippen LogP contribution in [-0.4, -0.2) is 26.2 Å². The summed E-state index contributed by atoms with van der Waals surface area (Å²) in [7, 11) is 0. The van der Waals surface area contributed by atoms with Gasteiger partial charge in [0.15, 0.2) is 0 Å². The average molecular weight is 232 g/mol. The van der Waals surface area contributed by atoms with Crippen LogP contribution in [-0.2, 0) is 6.42 Å². The molecule has 0 aliphatic carbocycles. The average Bonchev–Trinajstić information content (AvgIpc) is 2.39. The largest absolute Gasteiger partial charge is 0.369 e. The zero-order chi connectivity index (χ0) is 12.3. The molecule has 1 N–H and O–H groups in total. The maximum absolute atomic E-state index is 3.40. The second-order valence-electron chi connectivity index (χ2n) is 5.13. The van der Waals surface area contributed by atoms with Crippen molar-refractivity contribution < 1.29 is 0 Å². The third-order valence-corrected chi connectivity index (χ3v) is 3.61. The normalized spacial score (nSPS) is 16.6. The van der Waals surface area contributed by atoms with Gasteiger partial charge in [0.25, 0.3) is 0 Å². The molecule has 1 aromatic carbocycles. The lowest BCUT2D eigenvalue weighted by Gasteiger charge is -2.30. The van der Waals surface area contributed by atoms with Crippen LogP contribution >= 0.6 is 0 Å². The molecule has 0 unspecified atom stereocenters. The summed E-state index contributed by atoms with van der Waals surface area (Å²) in [5, 5.41) is 3.40. The Kier molecular flexibility index (Phi) is 4.06. The van der Waals surface area contributed by atoms with Crippen LogP contribution < -0.4 is 10.2 Å². The van der Waals surface area contributed by atoms with Crippen molar-refractivity contribution in [3.63, 3.8) is 0 Å². The van der Waals surface area contributed by atoms with E-state index in [9.17, 15) is 0 Å². The van der Waals surface area contributed by atoms with Gasteiger partial charge in [-0.25, -0.2) is 0 Å². The topological polar surface area (TPSA) is 15.3 Å². The number of anilines is 1. The molecule has 0 aromatic heterocycles. The third kappa shape index (κ3) is 2.81. The van der Waals surface area contributed by atoms with Crippen molar-refractivity contribution in [2.75, 3.05) is 31.1 Å². The fourth-order valence-electron chi connectivity index (χ4n) is 2.58. The van der Waals surface area contributed by atoms with Crippen molar-refractivity contribution in [3.05, 3.63) is 29.3 Å². The van der Waals surface area contributed by atoms with Gasteiger partial charge in [0, 0.05) is 31.9 Å². The summed E-state index contributed by atoms with van der Waals surface area (Å²) in [4.78, 5) is 2.49. The smallest absolute Gasteiger partial charge is 0.0370 e. The van der Waals surface area contributed by atoms with Gasteiger partial charge in [0.2, 0.25) is 0 Å². The first-order valence-electron chi connectivity index (χ1n) is 6.81. The molecule has 2 nitrogen and oxygen atoms in total. The van der Waals surface area contributed by atoms with Crippen LogP contribution in [0.4, 0.5) is 5.69 Å². The molecule has 2 heteroatoms. The number of benzene rings is 1. The van der Waals surface area contributed by atoms with Crippen LogP contribution in [0.5, 0.6) is 0 Å². The van der Waals surface area contributed by atoms with Gasteiger partial charge in [0.1, 0.15) is 0 Å². The highest BCUT2D eigenvalue weighted by Crippen LogP contribution is 2.25. The molecule has 1 aliphatic heterocycles. The lowest BCUT2D eigenvalue weighted by molar-refractivity contribution is 0.589. The van der Waals surface area contributed by atoms with Crippen molar-refractivity contribution >= 4 is 5.69 Å². The minimum absolute atomic E-state index is 0.627. The van der Waals surface area contributed by atoms with E-state index in [2.05, 4.69) is 49.2 Å². The van der Waals surface area contributed by atoms with E-state index in [0.717, 1.165) is 32.6 Å². The highest BCUT2D eigenvalue weighted by Gasteiger charge is 2.12. The zero-order valence-electron chi connectivity index (χ0n) is 11.3. The van der Waals surface area contributed by atoms with Gasteiger partial charge < -0.3 is 10.2 Å². The van der Waals surface area contributed by atoms with E-state index in [0.29, 0.717) is 5.92 Å². The lowest BCUT2D eigenvalue weighted by atomic mass is 9.95. The van der Waals surface area contributed by atoms with E-state index in [-0.39, 0.29) is 0 Å². The maximum atomic E-state index is 3.40. The first kappa shape index (κ1) is 12.4. The van der Waals surface area contributed by atoms with Crippen molar-refractivity contribution in [3.8, 4) is 0 Å². The quantitative estimate of drug-likeness (QED) is 0.862. The molecule has 17 heavy (non-hydrogen) atoms. The van der Waals surface area contributed by atoms with Crippen molar-refractivity contribution in [1.82, 2.24) is 5.32 Å². The molecule has 94 valence electrons. The minimum Gasteiger partial charge on any atom is -0.369 e. The molecular formula is C15H24N2. The molecule has 0 spiro atoms. The van der Waals surface area contributed by atoms with E-state index < -0.39 is 0 Å². The highest BCUT2D eigenvalue weighted by atomic mass is 15.2. The molecule has 0 radical (unpaired) electrons. The predicted octanol–water partition coefficient (Wildman–Crippen LogP) is 2.78. The number of aryl methyl sites for hydroxylation is 1. The second kappa shape index (κ2) is 5.54. The molecular weight excluding hydrogens is 208 g/mol. The predicted molar refractivity (Wildman–Crippen MR) is 75.0 cm³/mol. The summed E-state index contributed by atoms with van der Waals surface area (Å²) in [6.45, 7) is 11.3. The van der Waals surface area contributed by atoms with Crippen LogP contribution in [0.1, 0.15) is 37.8 Å². The Morgan fingerprint density at radius 3 is 2.53 bits per heavy atom. The van der Waals surface area contributed by atoms with Gasteiger partial charge in [-0.05, 0) is 35.6 Å². The third-order valence-electron chi connectivity index (χ3n) is 3.61. The van der Waals surface area contributed by atoms with Crippen molar-refractivity contribution in [2.24, 2.45) is 0 Å². The van der Waals surface area contributed by atoms with Crippen LogP contribution in [0.25, 0.3) is 0 Å². The Morgan fingerprint density at radius 1 is 1.24 bits per heavy atom. The summed E-state index contributed by atoms with van der Waals surface area (Å²) in [5.41, 5.74) is 4.41. The number of piperazine rings is 1. The molecule has 0 bridgehead atoms. The summed E-state index contributed by atoms with van der Waals surface area (Å²) >= 11 is 0. The highest BCUT2D eigenvalue weighted by molar-refractivity contribution is 5.52. The van der Waals surface area contributed by atoms with Crippen LogP contribution in [0.3, 0.4) is 0 Å². The van der Waals surface area contributed by atoms with E-state index in [1.165, 1.54) is 16.8 Å². The fourth-order valence-corrected chi connectivity index (χ4v) is 2.58. The Labute approximate surface area is 105 Å². The molecule has 1 aromatic rings. The van der Waals surface area contributed by atoms with Crippen LogP contribution in [0.2, 0.25) is 0 Å². The molecule has 1 fully saturated rings. The van der Waals surface area contributed by atoms with Crippen LogP contribution in [0, 0.1) is 0 Å². The first-order valence-corrected chi connectivity index (χ1v) is 6.81.